The second-order valence-corrected chi connectivity index (χ2v) is 7.61. The molecule has 3 aliphatic rings. The maximum atomic E-state index is 12.6. The molecule has 7 heteroatoms. The van der Waals surface area contributed by atoms with Gasteiger partial charge in [-0.25, -0.2) is 4.98 Å². The van der Waals surface area contributed by atoms with Gasteiger partial charge < -0.3 is 24.3 Å². The van der Waals surface area contributed by atoms with E-state index in [9.17, 15) is 4.79 Å². The highest BCUT2D eigenvalue weighted by atomic mass is 16.5. The number of hydrogen-bond acceptors (Lipinski definition) is 6. The lowest BCUT2D eigenvalue weighted by Gasteiger charge is -2.30. The lowest BCUT2D eigenvalue weighted by atomic mass is 9.97. The lowest BCUT2D eigenvalue weighted by Crippen LogP contribution is -2.47. The van der Waals surface area contributed by atoms with Crippen LogP contribution in [0.1, 0.15) is 23.3 Å². The van der Waals surface area contributed by atoms with Crippen LogP contribution >= 0.6 is 0 Å². The molecule has 1 unspecified atom stereocenters. The van der Waals surface area contributed by atoms with E-state index in [0.29, 0.717) is 24.5 Å². The zero-order valence-corrected chi connectivity index (χ0v) is 14.8. The van der Waals surface area contributed by atoms with Crippen molar-refractivity contribution in [2.24, 2.45) is 5.92 Å². The highest BCUT2D eigenvalue weighted by molar-refractivity contribution is 5.96. The van der Waals surface area contributed by atoms with Gasteiger partial charge in [0.25, 0.3) is 5.91 Å². The maximum absolute atomic E-state index is 12.6. The molecule has 3 saturated heterocycles. The number of ether oxygens (including phenoxy) is 1. The van der Waals surface area contributed by atoms with Crippen LogP contribution in [-0.4, -0.2) is 67.8 Å². The van der Waals surface area contributed by atoms with Crippen molar-refractivity contribution in [3.8, 4) is 0 Å². The first kappa shape index (κ1) is 16.1. The van der Waals surface area contributed by atoms with Crippen LogP contribution in [0.3, 0.4) is 0 Å². The number of furan rings is 1. The third kappa shape index (κ3) is 3.05. The topological polar surface area (TPSA) is 70.8 Å². The highest BCUT2D eigenvalue weighted by Crippen LogP contribution is 2.28. The number of nitrogens with zero attached hydrogens (tertiary/aromatic N) is 3. The average Bonchev–Trinajstić information content (AvgIpc) is 3.24. The summed E-state index contributed by atoms with van der Waals surface area (Å²) in [6, 6.07) is 4.05. The fourth-order valence-electron chi connectivity index (χ4n) is 4.42. The van der Waals surface area contributed by atoms with Crippen LogP contribution in [0.4, 0.5) is 5.88 Å². The number of aromatic nitrogens is 1. The van der Waals surface area contributed by atoms with E-state index in [1.165, 1.54) is 19.5 Å². The van der Waals surface area contributed by atoms with E-state index in [1.54, 1.807) is 6.20 Å². The number of morpholine rings is 1. The molecule has 26 heavy (non-hydrogen) atoms. The standard InChI is InChI=1S/C19H24N4O3/c24-19(21-15-7-13-1-2-22(11-13)12-15)16-8-14-9-18(26-17(14)10-20-16)23-3-5-25-6-4-23/h8-10,13,15H,1-7,11-12H2,(H,21,24)/t13-,15-/m1/s1. The van der Waals surface area contributed by atoms with Crippen LogP contribution in [0.15, 0.2) is 22.7 Å². The Labute approximate surface area is 152 Å². The molecule has 2 aromatic heterocycles. The molecule has 3 atom stereocenters. The molecule has 0 aliphatic carbocycles. The number of fused-ring (bicyclic) bond motifs is 3. The van der Waals surface area contributed by atoms with Crippen LogP contribution in [0, 0.1) is 5.92 Å². The van der Waals surface area contributed by atoms with Crippen molar-refractivity contribution in [2.45, 2.75) is 18.9 Å². The summed E-state index contributed by atoms with van der Waals surface area (Å²) in [5.41, 5.74) is 1.17. The molecule has 5 heterocycles. The number of pyridine rings is 1. The minimum Gasteiger partial charge on any atom is -0.439 e. The molecule has 2 aromatic rings. The van der Waals surface area contributed by atoms with Crippen LogP contribution in [-0.2, 0) is 4.74 Å². The molecule has 0 spiro atoms. The van der Waals surface area contributed by atoms with Crippen LogP contribution in [0.25, 0.3) is 11.0 Å². The SMILES string of the molecule is O=C(N[C@@H]1C[C@H]2CCN(C2)C1)c1cc2cc(N3CCOCC3)oc2cn1. The summed E-state index contributed by atoms with van der Waals surface area (Å²) in [5.74, 6) is 1.46. The van der Waals surface area contributed by atoms with Gasteiger partial charge in [-0.1, -0.05) is 0 Å². The first-order chi connectivity index (χ1) is 12.7. The second-order valence-electron chi connectivity index (χ2n) is 7.61. The Kier molecular flexibility index (Phi) is 4.05. The normalized spacial score (nSPS) is 28.5. The van der Waals surface area contributed by atoms with Crippen molar-refractivity contribution >= 4 is 22.8 Å². The summed E-state index contributed by atoms with van der Waals surface area (Å²) in [7, 11) is 0. The zero-order valence-electron chi connectivity index (χ0n) is 14.8. The van der Waals surface area contributed by atoms with E-state index in [-0.39, 0.29) is 11.9 Å². The fraction of sp³-hybridized carbons (Fsp3) is 0.579. The van der Waals surface area contributed by atoms with E-state index >= 15 is 0 Å². The predicted molar refractivity (Wildman–Crippen MR) is 97.5 cm³/mol. The quantitative estimate of drug-likeness (QED) is 0.898. The Hall–Kier alpha value is -2.12. The number of hydrogen-bond donors (Lipinski definition) is 1. The fourth-order valence-corrected chi connectivity index (χ4v) is 4.42. The molecule has 5 rings (SSSR count). The van der Waals surface area contributed by atoms with Crippen molar-refractivity contribution in [1.29, 1.82) is 0 Å². The Morgan fingerprint density at radius 2 is 2.08 bits per heavy atom. The first-order valence-electron chi connectivity index (χ1n) is 9.50. The Morgan fingerprint density at radius 3 is 2.92 bits per heavy atom. The van der Waals surface area contributed by atoms with Gasteiger partial charge in [0.2, 0.25) is 0 Å². The lowest BCUT2D eigenvalue weighted by molar-refractivity contribution is 0.0904. The van der Waals surface area contributed by atoms with Crippen LogP contribution < -0.4 is 10.2 Å². The number of nitrogens with one attached hydrogen (secondary N) is 1. The summed E-state index contributed by atoms with van der Waals surface area (Å²) in [5, 5.41) is 4.09. The molecular weight excluding hydrogens is 332 g/mol. The van der Waals surface area contributed by atoms with Gasteiger partial charge in [0.05, 0.1) is 19.4 Å². The number of rotatable bonds is 3. The molecule has 138 valence electrons. The molecular formula is C19H24N4O3. The van der Waals surface area contributed by atoms with Gasteiger partial charge in [-0.05, 0) is 31.4 Å². The van der Waals surface area contributed by atoms with Crippen molar-refractivity contribution in [3.63, 3.8) is 0 Å². The number of carbonyl (C=O) groups excluding carboxylic acids is 1. The average molecular weight is 356 g/mol. The van der Waals surface area contributed by atoms with E-state index in [2.05, 4.69) is 20.1 Å². The van der Waals surface area contributed by atoms with Gasteiger partial charge in [0.15, 0.2) is 11.5 Å². The minimum absolute atomic E-state index is 0.0893. The smallest absolute Gasteiger partial charge is 0.270 e. The Bertz CT molecular complexity index is 802. The van der Waals surface area contributed by atoms with Crippen molar-refractivity contribution in [3.05, 3.63) is 24.0 Å². The van der Waals surface area contributed by atoms with Crippen molar-refractivity contribution in [2.75, 3.05) is 50.8 Å². The zero-order chi connectivity index (χ0) is 17.5. The highest BCUT2D eigenvalue weighted by Gasteiger charge is 2.33. The van der Waals surface area contributed by atoms with Crippen molar-refractivity contribution < 1.29 is 13.9 Å². The number of amides is 1. The first-order valence-corrected chi connectivity index (χ1v) is 9.50. The Balaban J connectivity index is 1.31. The molecule has 1 N–H and O–H groups in total. The van der Waals surface area contributed by atoms with Gasteiger partial charge in [0.1, 0.15) is 5.69 Å². The van der Waals surface area contributed by atoms with Crippen LogP contribution in [0.5, 0.6) is 0 Å². The third-order valence-electron chi connectivity index (χ3n) is 5.75. The summed E-state index contributed by atoms with van der Waals surface area (Å²) in [4.78, 5) is 21.6. The summed E-state index contributed by atoms with van der Waals surface area (Å²) >= 11 is 0. The Morgan fingerprint density at radius 1 is 1.19 bits per heavy atom. The van der Waals surface area contributed by atoms with E-state index < -0.39 is 0 Å². The minimum atomic E-state index is -0.0893. The second kappa shape index (κ2) is 6.55. The monoisotopic (exact) mass is 356 g/mol. The number of carbonyl (C=O) groups is 1. The molecule has 1 amide bonds. The molecule has 0 saturated carbocycles. The number of anilines is 1. The summed E-state index contributed by atoms with van der Waals surface area (Å²) in [6.07, 6.45) is 4.00. The third-order valence-corrected chi connectivity index (χ3v) is 5.75. The molecule has 0 radical (unpaired) electrons. The maximum Gasteiger partial charge on any atom is 0.270 e. The molecule has 7 nitrogen and oxygen atoms in total. The van der Waals surface area contributed by atoms with E-state index in [0.717, 1.165) is 43.2 Å². The van der Waals surface area contributed by atoms with Gasteiger partial charge in [-0.15, -0.1) is 0 Å². The number of piperidine rings is 1. The van der Waals surface area contributed by atoms with Gasteiger partial charge in [-0.2, -0.15) is 0 Å². The van der Waals surface area contributed by atoms with Gasteiger partial charge in [-0.3, -0.25) is 4.79 Å². The summed E-state index contributed by atoms with van der Waals surface area (Å²) < 4.78 is 11.3. The van der Waals surface area contributed by atoms with E-state index in [1.807, 2.05) is 12.1 Å². The van der Waals surface area contributed by atoms with Crippen LogP contribution in [0.2, 0.25) is 0 Å². The van der Waals surface area contributed by atoms with E-state index in [4.69, 9.17) is 9.15 Å². The summed E-state index contributed by atoms with van der Waals surface area (Å²) in [6.45, 7) is 6.37. The van der Waals surface area contributed by atoms with Gasteiger partial charge >= 0.3 is 0 Å². The molecule has 2 bridgehead atoms. The molecule has 3 fully saturated rings. The molecule has 0 aromatic carbocycles. The largest absolute Gasteiger partial charge is 0.439 e. The van der Waals surface area contributed by atoms with Gasteiger partial charge in [0, 0.05) is 43.7 Å². The molecule has 3 aliphatic heterocycles. The predicted octanol–water partition coefficient (Wildman–Crippen LogP) is 1.49. The van der Waals surface area contributed by atoms with Crippen molar-refractivity contribution in [1.82, 2.24) is 15.2 Å².